The number of aryl methyl sites for hydroxylation is 1. The summed E-state index contributed by atoms with van der Waals surface area (Å²) in [6.07, 6.45) is 0.675. The van der Waals surface area contributed by atoms with Gasteiger partial charge in [0.15, 0.2) is 11.2 Å². The summed E-state index contributed by atoms with van der Waals surface area (Å²) in [6.45, 7) is 3.85. The Kier molecular flexibility index (Phi) is 7.11. The van der Waals surface area contributed by atoms with E-state index in [1.54, 1.807) is 6.21 Å². The molecular formula is C21H29N7O4. The molecule has 3 rings (SSSR count). The number of aliphatic hydroxyl groups is 1. The average Bonchev–Trinajstić information content (AvgIpc) is 3.09. The summed E-state index contributed by atoms with van der Waals surface area (Å²) in [5.74, 6) is 0.219. The number of imidazole rings is 1. The first-order valence-corrected chi connectivity index (χ1v) is 10.2. The molecule has 2 aromatic heterocycles. The molecule has 0 radical (unpaired) electrons. The van der Waals surface area contributed by atoms with Crippen molar-refractivity contribution >= 4 is 29.0 Å². The second kappa shape index (κ2) is 9.79. The second-order valence-electron chi connectivity index (χ2n) is 7.93. The van der Waals surface area contributed by atoms with E-state index in [-0.39, 0.29) is 36.4 Å². The van der Waals surface area contributed by atoms with Gasteiger partial charge in [0.25, 0.3) is 5.56 Å². The summed E-state index contributed by atoms with van der Waals surface area (Å²) in [5.41, 5.74) is 3.92. The van der Waals surface area contributed by atoms with Gasteiger partial charge in [0, 0.05) is 26.8 Å². The van der Waals surface area contributed by atoms with Gasteiger partial charge in [-0.05, 0) is 31.5 Å². The summed E-state index contributed by atoms with van der Waals surface area (Å²) in [5, 5.41) is 14.6. The van der Waals surface area contributed by atoms with Gasteiger partial charge >= 0.3 is 5.69 Å². The molecule has 32 heavy (non-hydrogen) atoms. The van der Waals surface area contributed by atoms with Crippen LogP contribution in [-0.4, -0.2) is 63.3 Å². The van der Waals surface area contributed by atoms with Crippen LogP contribution in [0.4, 0.5) is 11.6 Å². The Hall–Kier alpha value is -3.44. The molecule has 0 bridgehead atoms. The molecule has 11 nitrogen and oxygen atoms in total. The first-order valence-electron chi connectivity index (χ1n) is 10.2. The Labute approximate surface area is 185 Å². The number of H-pyrrole nitrogens is 1. The lowest BCUT2D eigenvalue weighted by Gasteiger charge is -2.15. The molecule has 0 aliphatic carbocycles. The van der Waals surface area contributed by atoms with Crippen molar-refractivity contribution in [2.75, 3.05) is 31.0 Å². The summed E-state index contributed by atoms with van der Waals surface area (Å²) in [4.78, 5) is 33.1. The molecule has 2 heterocycles. The molecule has 1 atom stereocenters. The first-order chi connectivity index (χ1) is 15.2. The van der Waals surface area contributed by atoms with Crippen molar-refractivity contribution in [1.29, 1.82) is 0 Å². The molecule has 1 aromatic carbocycles. The highest BCUT2D eigenvalue weighted by Crippen LogP contribution is 2.17. The summed E-state index contributed by atoms with van der Waals surface area (Å²) < 4.78 is 8.19. The first kappa shape index (κ1) is 23.2. The quantitative estimate of drug-likeness (QED) is 0.328. The van der Waals surface area contributed by atoms with Crippen molar-refractivity contribution in [3.05, 3.63) is 50.7 Å². The van der Waals surface area contributed by atoms with Crippen LogP contribution in [0.2, 0.25) is 0 Å². The maximum absolute atomic E-state index is 12.5. The van der Waals surface area contributed by atoms with Crippen molar-refractivity contribution in [3.8, 4) is 0 Å². The van der Waals surface area contributed by atoms with Crippen LogP contribution in [0.3, 0.4) is 0 Å². The van der Waals surface area contributed by atoms with E-state index in [0.29, 0.717) is 0 Å². The lowest BCUT2D eigenvalue weighted by atomic mass is 10.2. The Morgan fingerprint density at radius 2 is 1.97 bits per heavy atom. The van der Waals surface area contributed by atoms with E-state index in [1.165, 1.54) is 16.2 Å². The summed E-state index contributed by atoms with van der Waals surface area (Å²) >= 11 is 0. The number of rotatable bonds is 9. The van der Waals surface area contributed by atoms with Crippen LogP contribution in [0.25, 0.3) is 11.2 Å². The molecule has 0 amide bonds. The average molecular weight is 444 g/mol. The van der Waals surface area contributed by atoms with Crippen molar-refractivity contribution < 1.29 is 9.84 Å². The predicted molar refractivity (Wildman–Crippen MR) is 125 cm³/mol. The molecule has 3 aromatic rings. The number of benzene rings is 1. The van der Waals surface area contributed by atoms with Crippen LogP contribution < -0.4 is 21.6 Å². The van der Waals surface area contributed by atoms with Gasteiger partial charge in [-0.2, -0.15) is 10.1 Å². The number of hydrogen-bond acceptors (Lipinski definition) is 8. The van der Waals surface area contributed by atoms with E-state index >= 15 is 0 Å². The van der Waals surface area contributed by atoms with E-state index in [9.17, 15) is 14.7 Å². The molecule has 0 spiro atoms. The second-order valence-corrected chi connectivity index (χ2v) is 7.93. The van der Waals surface area contributed by atoms with Crippen LogP contribution in [0.5, 0.6) is 0 Å². The normalized spacial score (nSPS) is 12.7. The van der Waals surface area contributed by atoms with E-state index < -0.39 is 17.4 Å². The number of ether oxygens (including phenoxy) is 1. The van der Waals surface area contributed by atoms with Gasteiger partial charge in [-0.25, -0.2) is 10.2 Å². The molecule has 0 fully saturated rings. The van der Waals surface area contributed by atoms with Crippen LogP contribution >= 0.6 is 0 Å². The number of anilines is 2. The molecule has 0 saturated carbocycles. The van der Waals surface area contributed by atoms with Crippen molar-refractivity contribution in [1.82, 2.24) is 19.1 Å². The number of nitrogens with one attached hydrogen (secondary N) is 2. The monoisotopic (exact) mass is 443 g/mol. The Bertz CT molecular complexity index is 1210. The molecule has 172 valence electrons. The third kappa shape index (κ3) is 5.24. The lowest BCUT2D eigenvalue weighted by molar-refractivity contribution is -0.000105. The zero-order chi connectivity index (χ0) is 23.4. The van der Waals surface area contributed by atoms with Gasteiger partial charge < -0.3 is 19.3 Å². The topological polar surface area (TPSA) is 130 Å². The number of hydrazone groups is 1. The fraction of sp³-hybridized carbons (Fsp3) is 0.429. The number of fused-ring (bicyclic) bond motifs is 1. The maximum atomic E-state index is 12.5. The highest BCUT2D eigenvalue weighted by Gasteiger charge is 2.19. The SMILES string of the molecule is CC(C)OC[C@H](O)Cn1c(N/N=C/c2ccc(N(C)C)cc2)nc2c1c(=O)[nH]c(=O)n2C. The number of nitrogens with zero attached hydrogens (tertiary/aromatic N) is 5. The minimum atomic E-state index is -0.894. The Balaban J connectivity index is 1.92. The maximum Gasteiger partial charge on any atom is 0.329 e. The molecule has 0 aliphatic heterocycles. The molecule has 11 heteroatoms. The van der Waals surface area contributed by atoms with Gasteiger partial charge in [0.2, 0.25) is 5.95 Å². The van der Waals surface area contributed by atoms with Gasteiger partial charge in [-0.3, -0.25) is 14.3 Å². The van der Waals surface area contributed by atoms with E-state index in [0.717, 1.165) is 11.3 Å². The molecule has 3 N–H and O–H groups in total. The lowest BCUT2D eigenvalue weighted by Crippen LogP contribution is -2.30. The fourth-order valence-electron chi connectivity index (χ4n) is 3.09. The smallest absolute Gasteiger partial charge is 0.329 e. The van der Waals surface area contributed by atoms with Crippen LogP contribution in [-0.2, 0) is 18.3 Å². The van der Waals surface area contributed by atoms with Crippen molar-refractivity contribution in [3.63, 3.8) is 0 Å². The van der Waals surface area contributed by atoms with Gasteiger partial charge in [0.1, 0.15) is 0 Å². The predicted octanol–water partition coefficient (Wildman–Crippen LogP) is 0.721. The molecular weight excluding hydrogens is 414 g/mol. The Morgan fingerprint density at radius 1 is 1.28 bits per heavy atom. The number of aliphatic hydroxyl groups excluding tert-OH is 1. The number of aromatic nitrogens is 4. The highest BCUT2D eigenvalue weighted by atomic mass is 16.5. The third-order valence-electron chi connectivity index (χ3n) is 4.81. The van der Waals surface area contributed by atoms with E-state index in [4.69, 9.17) is 4.74 Å². The third-order valence-corrected chi connectivity index (χ3v) is 4.81. The van der Waals surface area contributed by atoms with Crippen molar-refractivity contribution in [2.45, 2.75) is 32.6 Å². The minimum Gasteiger partial charge on any atom is -0.389 e. The number of aromatic amines is 1. The number of hydrogen-bond donors (Lipinski definition) is 3. The Morgan fingerprint density at radius 3 is 2.59 bits per heavy atom. The highest BCUT2D eigenvalue weighted by molar-refractivity contribution is 5.81. The molecule has 0 saturated heterocycles. The standard InChI is InChI=1S/C21H29N7O4/c1-13(2)32-12-16(29)11-28-17-18(27(5)21(31)24-19(17)30)23-20(28)25-22-10-14-6-8-15(9-7-14)26(3)4/h6-10,13,16,29H,11-12H2,1-5H3,(H,23,25)(H,24,30,31)/b22-10+/t16-/m1/s1. The van der Waals surface area contributed by atoms with Gasteiger partial charge in [0.05, 0.1) is 31.6 Å². The molecule has 0 aliphatic rings. The zero-order valence-corrected chi connectivity index (χ0v) is 18.9. The summed E-state index contributed by atoms with van der Waals surface area (Å²) in [7, 11) is 5.44. The van der Waals surface area contributed by atoms with Crippen LogP contribution in [0.15, 0.2) is 39.0 Å². The largest absolute Gasteiger partial charge is 0.389 e. The minimum absolute atomic E-state index is 0.0277. The zero-order valence-electron chi connectivity index (χ0n) is 18.9. The van der Waals surface area contributed by atoms with E-state index in [1.807, 2.05) is 57.1 Å². The van der Waals surface area contributed by atoms with Crippen LogP contribution in [0.1, 0.15) is 19.4 Å². The van der Waals surface area contributed by atoms with Crippen LogP contribution in [0, 0.1) is 0 Å². The molecule has 0 unspecified atom stereocenters. The van der Waals surface area contributed by atoms with Gasteiger partial charge in [-0.15, -0.1) is 0 Å². The summed E-state index contributed by atoms with van der Waals surface area (Å²) in [6, 6.07) is 7.78. The van der Waals surface area contributed by atoms with Gasteiger partial charge in [-0.1, -0.05) is 12.1 Å². The fourth-order valence-corrected chi connectivity index (χ4v) is 3.09. The van der Waals surface area contributed by atoms with E-state index in [2.05, 4.69) is 20.5 Å². The van der Waals surface area contributed by atoms with Crippen molar-refractivity contribution in [2.24, 2.45) is 12.1 Å².